The van der Waals surface area contributed by atoms with Gasteiger partial charge in [0.2, 0.25) is 0 Å². The molecule has 1 aliphatic rings. The van der Waals surface area contributed by atoms with Crippen LogP contribution in [0.1, 0.15) is 19.8 Å². The molecule has 10 heavy (non-hydrogen) atoms. The van der Waals surface area contributed by atoms with Crippen molar-refractivity contribution >= 4 is 5.78 Å². The molecule has 1 nitrogen and oxygen atoms in total. The summed E-state index contributed by atoms with van der Waals surface area (Å²) in [6.45, 7) is 2.04. The topological polar surface area (TPSA) is 17.1 Å². The second kappa shape index (κ2) is 3.35. The van der Waals surface area contributed by atoms with E-state index in [0.717, 1.165) is 6.42 Å². The number of hydrogen-bond donors (Lipinski definition) is 0. The highest BCUT2D eigenvalue weighted by Crippen LogP contribution is 2.11. The smallest absolute Gasteiger partial charge is 0.143 e. The van der Waals surface area contributed by atoms with Crippen LogP contribution >= 0.6 is 0 Å². The molecule has 1 rings (SSSR count). The van der Waals surface area contributed by atoms with Crippen LogP contribution in [0.15, 0.2) is 24.3 Å². The van der Waals surface area contributed by atoms with E-state index in [2.05, 4.69) is 0 Å². The molecule has 1 heteroatoms. The van der Waals surface area contributed by atoms with Crippen molar-refractivity contribution in [2.75, 3.05) is 0 Å². The maximum Gasteiger partial charge on any atom is 0.143 e. The quantitative estimate of drug-likeness (QED) is 0.539. The standard InChI is InChI=1S/C9H12O/c1-2-8-6-4-3-5-7-9(8)10/h3-6,8H,2,7H2,1H3/t8-/m0/s1. The molecule has 0 N–H and O–H groups in total. The van der Waals surface area contributed by atoms with Gasteiger partial charge >= 0.3 is 0 Å². The molecule has 1 atom stereocenters. The number of rotatable bonds is 1. The molecule has 0 aromatic heterocycles. The summed E-state index contributed by atoms with van der Waals surface area (Å²) in [4.78, 5) is 11.1. The Morgan fingerprint density at radius 2 is 2.40 bits per heavy atom. The van der Waals surface area contributed by atoms with Gasteiger partial charge in [-0.05, 0) is 6.42 Å². The third kappa shape index (κ3) is 1.56. The number of allylic oxidation sites excluding steroid dienone is 4. The van der Waals surface area contributed by atoms with Crippen molar-refractivity contribution in [3.05, 3.63) is 24.3 Å². The minimum atomic E-state index is 0.162. The maximum atomic E-state index is 11.1. The van der Waals surface area contributed by atoms with Gasteiger partial charge in [-0.1, -0.05) is 31.2 Å². The first kappa shape index (κ1) is 7.26. The maximum absolute atomic E-state index is 11.1. The van der Waals surface area contributed by atoms with Crippen LogP contribution in [-0.2, 0) is 4.79 Å². The summed E-state index contributed by atoms with van der Waals surface area (Å²) < 4.78 is 0. The van der Waals surface area contributed by atoms with Gasteiger partial charge in [0, 0.05) is 12.3 Å². The molecule has 0 radical (unpaired) electrons. The third-order valence-corrected chi connectivity index (χ3v) is 1.76. The van der Waals surface area contributed by atoms with Crippen molar-refractivity contribution in [3.8, 4) is 0 Å². The molecule has 0 spiro atoms. The molecule has 0 aliphatic heterocycles. The molecule has 0 bridgehead atoms. The fourth-order valence-electron chi connectivity index (χ4n) is 1.08. The summed E-state index contributed by atoms with van der Waals surface area (Å²) in [6.07, 6.45) is 9.31. The molecule has 0 saturated carbocycles. The summed E-state index contributed by atoms with van der Waals surface area (Å²) in [5.74, 6) is 0.502. The molecule has 0 aromatic carbocycles. The van der Waals surface area contributed by atoms with Crippen LogP contribution in [0.25, 0.3) is 0 Å². The zero-order chi connectivity index (χ0) is 7.40. The predicted octanol–water partition coefficient (Wildman–Crippen LogP) is 2.10. The molecular weight excluding hydrogens is 124 g/mol. The minimum absolute atomic E-state index is 0.162. The van der Waals surface area contributed by atoms with Crippen molar-refractivity contribution in [2.24, 2.45) is 5.92 Å². The van der Waals surface area contributed by atoms with Crippen LogP contribution in [0.4, 0.5) is 0 Å². The first-order valence-electron chi connectivity index (χ1n) is 3.70. The van der Waals surface area contributed by atoms with Crippen LogP contribution in [0.5, 0.6) is 0 Å². The third-order valence-electron chi connectivity index (χ3n) is 1.76. The molecular formula is C9H12O. The van der Waals surface area contributed by atoms with Gasteiger partial charge in [-0.25, -0.2) is 0 Å². The molecule has 0 fully saturated rings. The van der Waals surface area contributed by atoms with Crippen molar-refractivity contribution in [2.45, 2.75) is 19.8 Å². The van der Waals surface area contributed by atoms with E-state index in [1.807, 2.05) is 31.2 Å². The first-order valence-corrected chi connectivity index (χ1v) is 3.70. The minimum Gasteiger partial charge on any atom is -0.299 e. The summed E-state index contributed by atoms with van der Waals surface area (Å²) in [6, 6.07) is 0. The van der Waals surface area contributed by atoms with Crippen molar-refractivity contribution in [1.82, 2.24) is 0 Å². The van der Waals surface area contributed by atoms with Crippen molar-refractivity contribution in [1.29, 1.82) is 0 Å². The van der Waals surface area contributed by atoms with Gasteiger partial charge in [0.15, 0.2) is 0 Å². The fourth-order valence-corrected chi connectivity index (χ4v) is 1.08. The van der Waals surface area contributed by atoms with Crippen LogP contribution in [-0.4, -0.2) is 5.78 Å². The Hall–Kier alpha value is -0.850. The average molecular weight is 136 g/mol. The van der Waals surface area contributed by atoms with E-state index in [0.29, 0.717) is 12.2 Å². The number of carbonyl (C=O) groups is 1. The van der Waals surface area contributed by atoms with E-state index in [9.17, 15) is 4.79 Å². The average Bonchev–Trinajstić information content (AvgIpc) is 2.13. The Morgan fingerprint density at radius 1 is 1.60 bits per heavy atom. The zero-order valence-electron chi connectivity index (χ0n) is 6.21. The highest BCUT2D eigenvalue weighted by atomic mass is 16.1. The molecule has 0 saturated heterocycles. The Morgan fingerprint density at radius 3 is 3.10 bits per heavy atom. The number of hydrogen-bond acceptors (Lipinski definition) is 1. The summed E-state index contributed by atoms with van der Waals surface area (Å²) in [5, 5.41) is 0. The highest BCUT2D eigenvalue weighted by Gasteiger charge is 2.11. The molecule has 0 aromatic rings. The van der Waals surface area contributed by atoms with E-state index in [4.69, 9.17) is 0 Å². The second-order valence-electron chi connectivity index (χ2n) is 2.50. The highest BCUT2D eigenvalue weighted by molar-refractivity contribution is 5.84. The van der Waals surface area contributed by atoms with Gasteiger partial charge < -0.3 is 0 Å². The van der Waals surface area contributed by atoms with Crippen LogP contribution < -0.4 is 0 Å². The predicted molar refractivity (Wildman–Crippen MR) is 41.7 cm³/mol. The van der Waals surface area contributed by atoms with E-state index in [1.54, 1.807) is 0 Å². The van der Waals surface area contributed by atoms with Gasteiger partial charge in [0.1, 0.15) is 5.78 Å². The normalized spacial score (nSPS) is 24.9. The Bertz CT molecular complexity index is 177. The van der Waals surface area contributed by atoms with Gasteiger partial charge in [0.25, 0.3) is 0 Å². The molecule has 54 valence electrons. The van der Waals surface area contributed by atoms with Gasteiger partial charge in [0.05, 0.1) is 0 Å². The van der Waals surface area contributed by atoms with Crippen LogP contribution in [0, 0.1) is 5.92 Å². The van der Waals surface area contributed by atoms with Gasteiger partial charge in [-0.2, -0.15) is 0 Å². The summed E-state index contributed by atoms with van der Waals surface area (Å²) in [7, 11) is 0. The fraction of sp³-hybridized carbons (Fsp3) is 0.444. The van der Waals surface area contributed by atoms with E-state index in [1.165, 1.54) is 0 Å². The summed E-state index contributed by atoms with van der Waals surface area (Å²) >= 11 is 0. The lowest BCUT2D eigenvalue weighted by Crippen LogP contribution is -2.08. The zero-order valence-corrected chi connectivity index (χ0v) is 6.21. The van der Waals surface area contributed by atoms with Crippen LogP contribution in [0.3, 0.4) is 0 Å². The van der Waals surface area contributed by atoms with Crippen LogP contribution in [0.2, 0.25) is 0 Å². The monoisotopic (exact) mass is 136 g/mol. The molecule has 1 aliphatic carbocycles. The Balaban J connectivity index is 2.66. The van der Waals surface area contributed by atoms with E-state index >= 15 is 0 Å². The lowest BCUT2D eigenvalue weighted by Gasteiger charge is -2.03. The Kier molecular flexibility index (Phi) is 2.43. The van der Waals surface area contributed by atoms with Crippen molar-refractivity contribution < 1.29 is 4.79 Å². The molecule has 0 unspecified atom stereocenters. The second-order valence-corrected chi connectivity index (χ2v) is 2.50. The lowest BCUT2D eigenvalue weighted by atomic mass is 10.00. The van der Waals surface area contributed by atoms with Gasteiger partial charge in [-0.3, -0.25) is 4.79 Å². The Labute approximate surface area is 61.4 Å². The molecule has 0 heterocycles. The first-order chi connectivity index (χ1) is 4.84. The van der Waals surface area contributed by atoms with E-state index in [-0.39, 0.29) is 5.92 Å². The molecule has 0 amide bonds. The lowest BCUT2D eigenvalue weighted by molar-refractivity contribution is -0.120. The number of ketones is 1. The van der Waals surface area contributed by atoms with Crippen molar-refractivity contribution in [3.63, 3.8) is 0 Å². The summed E-state index contributed by atoms with van der Waals surface area (Å²) in [5.41, 5.74) is 0. The SMILES string of the molecule is CC[C@H]1C=CC=CCC1=O. The number of Topliss-reactive ketones (excluding diaryl/α,β-unsaturated/α-hetero) is 1. The number of carbonyl (C=O) groups excluding carboxylic acids is 1. The van der Waals surface area contributed by atoms with E-state index < -0.39 is 0 Å². The van der Waals surface area contributed by atoms with Gasteiger partial charge in [-0.15, -0.1) is 0 Å². The largest absolute Gasteiger partial charge is 0.299 e.